The quantitative estimate of drug-likeness (QED) is 0.538. The normalized spacial score (nSPS) is 12.8. The first-order valence-corrected chi connectivity index (χ1v) is 6.27. The molecule has 0 unspecified atom stereocenters. The van der Waals surface area contributed by atoms with Gasteiger partial charge in [0.05, 0.1) is 0 Å². The highest BCUT2D eigenvalue weighted by molar-refractivity contribution is 7.99. The molecule has 16 heavy (non-hydrogen) atoms. The van der Waals surface area contributed by atoms with E-state index in [1.807, 2.05) is 12.1 Å². The number of halogens is 1. The molecule has 1 aliphatic rings. The standard InChI is InChI=1S/C14H9ClS/c15-12-8-7-11-6-5-10-3-1-2-4-13(10)16-14(11)9-12/h1-9H. The van der Waals surface area contributed by atoms with Crippen molar-refractivity contribution in [3.8, 4) is 0 Å². The number of benzene rings is 2. The Labute approximate surface area is 104 Å². The van der Waals surface area contributed by atoms with Crippen molar-refractivity contribution in [2.24, 2.45) is 0 Å². The van der Waals surface area contributed by atoms with Crippen LogP contribution >= 0.6 is 23.4 Å². The van der Waals surface area contributed by atoms with Gasteiger partial charge in [-0.3, -0.25) is 0 Å². The zero-order chi connectivity index (χ0) is 11.0. The average molecular weight is 245 g/mol. The van der Waals surface area contributed by atoms with E-state index in [2.05, 4.69) is 42.5 Å². The van der Waals surface area contributed by atoms with E-state index in [4.69, 9.17) is 11.6 Å². The van der Waals surface area contributed by atoms with Crippen molar-refractivity contribution in [1.29, 1.82) is 0 Å². The third-order valence-corrected chi connectivity index (χ3v) is 3.96. The van der Waals surface area contributed by atoms with Gasteiger partial charge in [0.1, 0.15) is 0 Å². The lowest BCUT2D eigenvalue weighted by molar-refractivity contribution is 1.39. The average Bonchev–Trinajstić information content (AvgIpc) is 2.47. The highest BCUT2D eigenvalue weighted by Gasteiger charge is 2.09. The highest BCUT2D eigenvalue weighted by atomic mass is 35.5. The fourth-order valence-electron chi connectivity index (χ4n) is 1.74. The van der Waals surface area contributed by atoms with Crippen molar-refractivity contribution in [2.45, 2.75) is 9.79 Å². The summed E-state index contributed by atoms with van der Waals surface area (Å²) >= 11 is 7.79. The molecule has 1 heterocycles. The lowest BCUT2D eigenvalue weighted by Gasteiger charge is -2.05. The first kappa shape index (κ1) is 10.0. The minimum Gasteiger partial charge on any atom is -0.0888 e. The third kappa shape index (κ3) is 1.77. The molecule has 0 N–H and O–H groups in total. The van der Waals surface area contributed by atoms with Crippen LogP contribution in [0.1, 0.15) is 11.1 Å². The van der Waals surface area contributed by atoms with Gasteiger partial charge >= 0.3 is 0 Å². The van der Waals surface area contributed by atoms with E-state index >= 15 is 0 Å². The van der Waals surface area contributed by atoms with Gasteiger partial charge in [-0.2, -0.15) is 0 Å². The zero-order valence-electron chi connectivity index (χ0n) is 8.48. The second kappa shape index (κ2) is 4.00. The Morgan fingerprint density at radius 2 is 1.56 bits per heavy atom. The lowest BCUT2D eigenvalue weighted by atomic mass is 10.1. The molecular formula is C14H9ClS. The molecule has 0 nitrogen and oxygen atoms in total. The summed E-state index contributed by atoms with van der Waals surface area (Å²) in [5.74, 6) is 0. The zero-order valence-corrected chi connectivity index (χ0v) is 10.1. The Morgan fingerprint density at radius 3 is 2.44 bits per heavy atom. The van der Waals surface area contributed by atoms with E-state index in [1.54, 1.807) is 11.8 Å². The predicted octanol–water partition coefficient (Wildman–Crippen LogP) is 4.98. The molecule has 3 rings (SSSR count). The van der Waals surface area contributed by atoms with Crippen LogP contribution in [0.15, 0.2) is 52.3 Å². The Kier molecular flexibility index (Phi) is 2.50. The van der Waals surface area contributed by atoms with Crippen molar-refractivity contribution < 1.29 is 0 Å². The summed E-state index contributed by atoms with van der Waals surface area (Å²) in [6, 6.07) is 14.4. The smallest absolute Gasteiger partial charge is 0.0417 e. The molecule has 0 saturated heterocycles. The predicted molar refractivity (Wildman–Crippen MR) is 70.9 cm³/mol. The summed E-state index contributed by atoms with van der Waals surface area (Å²) in [6.45, 7) is 0. The lowest BCUT2D eigenvalue weighted by Crippen LogP contribution is -1.78. The molecule has 0 fully saturated rings. The number of hydrogen-bond donors (Lipinski definition) is 0. The third-order valence-electron chi connectivity index (χ3n) is 2.56. The molecule has 0 aromatic heterocycles. The minimum atomic E-state index is 0.791. The van der Waals surface area contributed by atoms with Gasteiger partial charge in [-0.1, -0.05) is 59.8 Å². The molecule has 0 atom stereocenters. The molecule has 0 aliphatic carbocycles. The maximum atomic E-state index is 6.02. The van der Waals surface area contributed by atoms with Crippen LogP contribution in [0.4, 0.5) is 0 Å². The van der Waals surface area contributed by atoms with Gasteiger partial charge in [-0.15, -0.1) is 0 Å². The summed E-state index contributed by atoms with van der Waals surface area (Å²) < 4.78 is 0. The molecule has 1 aliphatic heterocycles. The number of hydrogen-bond acceptors (Lipinski definition) is 1. The number of rotatable bonds is 0. The van der Waals surface area contributed by atoms with Crippen LogP contribution in [0.25, 0.3) is 12.2 Å². The molecule has 0 bridgehead atoms. The molecule has 2 heteroatoms. The fourth-order valence-corrected chi connectivity index (χ4v) is 3.06. The monoisotopic (exact) mass is 244 g/mol. The van der Waals surface area contributed by atoms with Crippen LogP contribution in [-0.4, -0.2) is 0 Å². The largest absolute Gasteiger partial charge is 0.0888 e. The van der Waals surface area contributed by atoms with Crippen LogP contribution in [0.3, 0.4) is 0 Å². The van der Waals surface area contributed by atoms with Gasteiger partial charge in [-0.05, 0) is 29.3 Å². The second-order valence-electron chi connectivity index (χ2n) is 3.66. The van der Waals surface area contributed by atoms with Gasteiger partial charge in [0.2, 0.25) is 0 Å². The van der Waals surface area contributed by atoms with E-state index < -0.39 is 0 Å². The molecule has 78 valence electrons. The topological polar surface area (TPSA) is 0 Å². The van der Waals surface area contributed by atoms with Crippen molar-refractivity contribution in [1.82, 2.24) is 0 Å². The molecule has 0 radical (unpaired) electrons. The molecule has 2 aromatic carbocycles. The summed E-state index contributed by atoms with van der Waals surface area (Å²) in [6.07, 6.45) is 4.30. The van der Waals surface area contributed by atoms with Gasteiger partial charge in [0.25, 0.3) is 0 Å². The molecule has 0 saturated carbocycles. The minimum absolute atomic E-state index is 0.791. The van der Waals surface area contributed by atoms with Crippen LogP contribution in [0.5, 0.6) is 0 Å². The second-order valence-corrected chi connectivity index (χ2v) is 5.18. The highest BCUT2D eigenvalue weighted by Crippen LogP contribution is 2.38. The summed E-state index contributed by atoms with van der Waals surface area (Å²) in [5, 5.41) is 0.791. The first-order chi connectivity index (χ1) is 7.83. The number of fused-ring (bicyclic) bond motifs is 2. The van der Waals surface area contributed by atoms with Gasteiger partial charge < -0.3 is 0 Å². The first-order valence-electron chi connectivity index (χ1n) is 5.07. The van der Waals surface area contributed by atoms with E-state index in [0.717, 1.165) is 5.02 Å². The fraction of sp³-hybridized carbons (Fsp3) is 0. The van der Waals surface area contributed by atoms with E-state index in [0.29, 0.717) is 0 Å². The van der Waals surface area contributed by atoms with Crippen LogP contribution in [-0.2, 0) is 0 Å². The van der Waals surface area contributed by atoms with E-state index in [9.17, 15) is 0 Å². The maximum Gasteiger partial charge on any atom is 0.0417 e. The van der Waals surface area contributed by atoms with Gasteiger partial charge in [-0.25, -0.2) is 0 Å². The summed E-state index contributed by atoms with van der Waals surface area (Å²) in [4.78, 5) is 2.49. The Hall–Kier alpha value is -1.18. The maximum absolute atomic E-state index is 6.02. The van der Waals surface area contributed by atoms with Crippen LogP contribution in [0.2, 0.25) is 5.02 Å². The van der Waals surface area contributed by atoms with Crippen LogP contribution < -0.4 is 0 Å². The molecule has 0 amide bonds. The van der Waals surface area contributed by atoms with E-state index in [1.165, 1.54) is 20.9 Å². The Bertz CT molecular complexity index is 573. The van der Waals surface area contributed by atoms with Gasteiger partial charge in [0.15, 0.2) is 0 Å². The van der Waals surface area contributed by atoms with Crippen LogP contribution in [0, 0.1) is 0 Å². The SMILES string of the molecule is Clc1ccc2c(c1)Sc1ccccc1C=C2. The van der Waals surface area contributed by atoms with Crippen molar-refractivity contribution in [2.75, 3.05) is 0 Å². The Morgan fingerprint density at radius 1 is 0.812 bits per heavy atom. The van der Waals surface area contributed by atoms with Crippen molar-refractivity contribution in [3.05, 3.63) is 58.6 Å². The molecular weight excluding hydrogens is 236 g/mol. The molecule has 0 spiro atoms. The summed E-state index contributed by atoms with van der Waals surface area (Å²) in [7, 11) is 0. The van der Waals surface area contributed by atoms with Crippen molar-refractivity contribution >= 4 is 35.5 Å². The molecule has 2 aromatic rings. The summed E-state index contributed by atoms with van der Waals surface area (Å²) in [5.41, 5.74) is 2.49. The van der Waals surface area contributed by atoms with Gasteiger partial charge in [0, 0.05) is 14.8 Å². The Balaban J connectivity index is 2.18. The van der Waals surface area contributed by atoms with Crippen molar-refractivity contribution in [3.63, 3.8) is 0 Å². The van der Waals surface area contributed by atoms with E-state index in [-0.39, 0.29) is 0 Å².